The summed E-state index contributed by atoms with van der Waals surface area (Å²) in [5.74, 6) is 1.25. The molecule has 0 fully saturated rings. The molecule has 0 radical (unpaired) electrons. The predicted octanol–water partition coefficient (Wildman–Crippen LogP) is 5.51. The van der Waals surface area contributed by atoms with Crippen LogP contribution in [0.4, 0.5) is 5.69 Å². The number of carbonyl (C=O) groups excluding carboxylic acids is 1. The quantitative estimate of drug-likeness (QED) is 0.418. The number of hydrogen-bond donors (Lipinski definition) is 1. The predicted molar refractivity (Wildman–Crippen MR) is 119 cm³/mol. The Balaban J connectivity index is 1.77. The summed E-state index contributed by atoms with van der Waals surface area (Å²) in [6.07, 6.45) is 0. The molecule has 0 saturated carbocycles. The fraction of sp³-hybridized carbons (Fsp3) is 0.174. The minimum atomic E-state index is -0.340. The van der Waals surface area contributed by atoms with Gasteiger partial charge in [-0.3, -0.25) is 4.79 Å². The Morgan fingerprint density at radius 3 is 2.53 bits per heavy atom. The zero-order valence-corrected chi connectivity index (χ0v) is 17.9. The molecule has 0 saturated heterocycles. The summed E-state index contributed by atoms with van der Waals surface area (Å²) < 4.78 is 7.66. The molecule has 2 aromatic carbocycles. The molecule has 0 aliphatic rings. The summed E-state index contributed by atoms with van der Waals surface area (Å²) in [6, 6.07) is 19.2. The van der Waals surface area contributed by atoms with Crippen LogP contribution in [0.25, 0.3) is 17.3 Å². The second kappa shape index (κ2) is 8.59. The lowest BCUT2D eigenvalue weighted by atomic mass is 10.2. The minimum Gasteiger partial charge on any atom is -0.417 e. The zero-order valence-electron chi connectivity index (χ0n) is 17.0. The van der Waals surface area contributed by atoms with Gasteiger partial charge in [0.1, 0.15) is 0 Å². The van der Waals surface area contributed by atoms with Gasteiger partial charge in [-0.05, 0) is 49.9 Å². The molecule has 0 aliphatic carbocycles. The van der Waals surface area contributed by atoms with Crippen molar-refractivity contribution < 1.29 is 9.21 Å². The Hall–Kier alpha value is -3.32. The average molecular weight is 419 g/mol. The Kier molecular flexibility index (Phi) is 5.72. The molecule has 0 unspecified atom stereocenters. The lowest BCUT2D eigenvalue weighted by Crippen LogP contribution is -2.16. The van der Waals surface area contributed by atoms with Crippen LogP contribution in [-0.4, -0.2) is 26.4 Å². The molecule has 1 N–H and O–H groups in total. The van der Waals surface area contributed by atoms with E-state index in [1.807, 2.05) is 74.5 Å². The topological polar surface area (TPSA) is 73.0 Å². The molecule has 152 valence electrons. The van der Waals surface area contributed by atoms with Crippen LogP contribution in [-0.2, 0) is 0 Å². The van der Waals surface area contributed by atoms with E-state index in [1.165, 1.54) is 0 Å². The highest BCUT2D eigenvalue weighted by Gasteiger charge is 2.25. The summed E-state index contributed by atoms with van der Waals surface area (Å²) in [5.41, 5.74) is 3.43. The van der Waals surface area contributed by atoms with Gasteiger partial charge in [0.25, 0.3) is 11.8 Å². The van der Waals surface area contributed by atoms with Gasteiger partial charge in [0.15, 0.2) is 5.69 Å². The third-order valence-corrected chi connectivity index (χ3v) is 5.44. The number of anilines is 1. The van der Waals surface area contributed by atoms with Crippen LogP contribution in [0.15, 0.2) is 70.0 Å². The monoisotopic (exact) mass is 418 g/mol. The van der Waals surface area contributed by atoms with E-state index >= 15 is 0 Å². The number of aromatic nitrogens is 3. The average Bonchev–Trinajstić information content (AvgIpc) is 3.33. The molecule has 0 atom stereocenters. The van der Waals surface area contributed by atoms with E-state index in [2.05, 4.69) is 22.3 Å². The van der Waals surface area contributed by atoms with Crippen molar-refractivity contribution in [1.82, 2.24) is 14.8 Å². The van der Waals surface area contributed by atoms with E-state index in [0.29, 0.717) is 11.8 Å². The minimum absolute atomic E-state index is 0.191. The van der Waals surface area contributed by atoms with Crippen molar-refractivity contribution in [2.24, 2.45) is 0 Å². The first-order chi connectivity index (χ1) is 14.6. The number of hydrogen-bond acceptors (Lipinski definition) is 5. The molecule has 0 aliphatic heterocycles. The molecule has 0 bridgehead atoms. The Morgan fingerprint density at radius 1 is 1.10 bits per heavy atom. The standard InChI is InChI=1S/C23H22N4O2S/c1-4-30-19-13-9-8-12-18(19)24-21(28)20-23(27-16(3)14-15(2)26-27)29-22(25-20)17-10-6-5-7-11-17/h5-14H,4H2,1-3H3,(H,24,28). The van der Waals surface area contributed by atoms with Crippen LogP contribution in [0.2, 0.25) is 0 Å². The van der Waals surface area contributed by atoms with Crippen LogP contribution in [0.1, 0.15) is 28.8 Å². The molecule has 0 spiro atoms. The number of rotatable bonds is 6. The van der Waals surface area contributed by atoms with Gasteiger partial charge in [-0.2, -0.15) is 5.10 Å². The number of amides is 1. The number of aryl methyl sites for hydroxylation is 2. The number of thioether (sulfide) groups is 1. The summed E-state index contributed by atoms with van der Waals surface area (Å²) in [6.45, 7) is 5.89. The SMILES string of the molecule is CCSc1ccccc1NC(=O)c1nc(-c2ccccc2)oc1-n1nc(C)cc1C. The largest absolute Gasteiger partial charge is 0.417 e. The van der Waals surface area contributed by atoms with Crippen LogP contribution in [0, 0.1) is 13.8 Å². The smallest absolute Gasteiger partial charge is 0.280 e. The normalized spacial score (nSPS) is 10.9. The van der Waals surface area contributed by atoms with Gasteiger partial charge in [0, 0.05) is 16.2 Å². The highest BCUT2D eigenvalue weighted by Crippen LogP contribution is 2.29. The summed E-state index contributed by atoms with van der Waals surface area (Å²) in [5, 5.41) is 7.47. The van der Waals surface area contributed by atoms with Gasteiger partial charge in [-0.1, -0.05) is 37.3 Å². The maximum atomic E-state index is 13.2. The Morgan fingerprint density at radius 2 is 1.83 bits per heavy atom. The molecule has 2 aromatic heterocycles. The molecule has 1 amide bonds. The van der Waals surface area contributed by atoms with E-state index in [1.54, 1.807) is 16.4 Å². The number of para-hydroxylation sites is 1. The third-order valence-electron chi connectivity index (χ3n) is 4.48. The Labute approximate surface area is 179 Å². The second-order valence-electron chi connectivity index (χ2n) is 6.76. The maximum Gasteiger partial charge on any atom is 0.280 e. The van der Waals surface area contributed by atoms with E-state index in [4.69, 9.17) is 4.42 Å². The first kappa shape index (κ1) is 20.0. The van der Waals surface area contributed by atoms with Crippen LogP contribution < -0.4 is 5.32 Å². The fourth-order valence-electron chi connectivity index (χ4n) is 3.18. The van der Waals surface area contributed by atoms with E-state index < -0.39 is 0 Å². The molecule has 6 nitrogen and oxygen atoms in total. The number of carbonyl (C=O) groups is 1. The lowest BCUT2D eigenvalue weighted by molar-refractivity contribution is 0.102. The van der Waals surface area contributed by atoms with E-state index in [9.17, 15) is 4.79 Å². The maximum absolute atomic E-state index is 13.2. The molecule has 4 aromatic rings. The number of nitrogens with zero attached hydrogens (tertiary/aromatic N) is 3. The van der Waals surface area contributed by atoms with Gasteiger partial charge in [-0.15, -0.1) is 11.8 Å². The van der Waals surface area contributed by atoms with Crippen LogP contribution in [0.5, 0.6) is 0 Å². The van der Waals surface area contributed by atoms with Gasteiger partial charge in [0.2, 0.25) is 5.89 Å². The van der Waals surface area contributed by atoms with Crippen molar-refractivity contribution in [1.29, 1.82) is 0 Å². The van der Waals surface area contributed by atoms with Crippen LogP contribution in [0.3, 0.4) is 0 Å². The van der Waals surface area contributed by atoms with Gasteiger partial charge >= 0.3 is 0 Å². The highest BCUT2D eigenvalue weighted by atomic mass is 32.2. The number of nitrogens with one attached hydrogen (secondary N) is 1. The summed E-state index contributed by atoms with van der Waals surface area (Å²) in [7, 11) is 0. The number of benzene rings is 2. The van der Waals surface area contributed by atoms with E-state index in [-0.39, 0.29) is 11.6 Å². The van der Waals surface area contributed by atoms with Gasteiger partial charge < -0.3 is 9.73 Å². The first-order valence-electron chi connectivity index (χ1n) is 9.70. The number of oxazole rings is 1. The molecule has 2 heterocycles. The zero-order chi connectivity index (χ0) is 21.1. The third kappa shape index (κ3) is 4.02. The van der Waals surface area contributed by atoms with Crippen molar-refractivity contribution in [2.75, 3.05) is 11.1 Å². The van der Waals surface area contributed by atoms with Crippen molar-refractivity contribution in [3.63, 3.8) is 0 Å². The van der Waals surface area contributed by atoms with Crippen molar-refractivity contribution in [2.45, 2.75) is 25.7 Å². The summed E-state index contributed by atoms with van der Waals surface area (Å²) in [4.78, 5) is 18.8. The van der Waals surface area contributed by atoms with Crippen molar-refractivity contribution in [3.05, 3.63) is 77.7 Å². The molecule has 30 heavy (non-hydrogen) atoms. The van der Waals surface area contributed by atoms with Gasteiger partial charge in [-0.25, -0.2) is 9.67 Å². The van der Waals surface area contributed by atoms with Crippen molar-refractivity contribution in [3.8, 4) is 17.3 Å². The molecule has 7 heteroatoms. The lowest BCUT2D eigenvalue weighted by Gasteiger charge is -2.09. The fourth-order valence-corrected chi connectivity index (χ4v) is 3.94. The molecular weight excluding hydrogens is 396 g/mol. The highest BCUT2D eigenvalue weighted by molar-refractivity contribution is 7.99. The summed E-state index contributed by atoms with van der Waals surface area (Å²) >= 11 is 1.67. The molecule has 4 rings (SSSR count). The Bertz CT molecular complexity index is 1180. The first-order valence-corrected chi connectivity index (χ1v) is 10.7. The molecular formula is C23H22N4O2S. The van der Waals surface area contributed by atoms with Crippen LogP contribution >= 0.6 is 11.8 Å². The van der Waals surface area contributed by atoms with Crippen molar-refractivity contribution >= 4 is 23.4 Å². The van der Waals surface area contributed by atoms with Gasteiger partial charge in [0.05, 0.1) is 11.4 Å². The second-order valence-corrected chi connectivity index (χ2v) is 8.07. The van der Waals surface area contributed by atoms with E-state index in [0.717, 1.165) is 33.3 Å².